The van der Waals surface area contributed by atoms with Crippen molar-refractivity contribution >= 4 is 16.8 Å². The lowest BCUT2D eigenvalue weighted by Crippen LogP contribution is -2.34. The summed E-state index contributed by atoms with van der Waals surface area (Å²) < 4.78 is 2.53. The number of piperidine rings is 1. The molecule has 1 saturated heterocycles. The van der Waals surface area contributed by atoms with E-state index in [1.54, 1.807) is 0 Å². The number of fused-ring (bicyclic) bond motifs is 1. The zero-order valence-electron chi connectivity index (χ0n) is 19.8. The Morgan fingerprint density at radius 1 is 1.00 bits per heavy atom. The summed E-state index contributed by atoms with van der Waals surface area (Å²) in [6.45, 7) is 6.58. The average molecular weight is 453 g/mol. The van der Waals surface area contributed by atoms with E-state index < -0.39 is 0 Å². The highest BCUT2D eigenvalue weighted by Gasteiger charge is 2.22. The number of hydrogen-bond acceptors (Lipinski definition) is 3. The molecule has 2 N–H and O–H groups in total. The van der Waals surface area contributed by atoms with E-state index in [2.05, 4.69) is 51.7 Å². The molecule has 2 aromatic carbocycles. The molecule has 1 fully saturated rings. The zero-order chi connectivity index (χ0) is 23.5. The highest BCUT2D eigenvalue weighted by Crippen LogP contribution is 2.31. The van der Waals surface area contributed by atoms with E-state index in [-0.39, 0.29) is 5.91 Å². The second-order valence-electron chi connectivity index (χ2n) is 9.51. The third kappa shape index (κ3) is 4.75. The molecule has 0 aliphatic carbocycles. The minimum atomic E-state index is -0.384. The minimum Gasteiger partial charge on any atom is -0.366 e. The lowest BCUT2D eigenvalue weighted by Gasteiger charge is -2.32. The van der Waals surface area contributed by atoms with Crippen LogP contribution in [0.2, 0.25) is 0 Å². The first-order valence-corrected chi connectivity index (χ1v) is 12.1. The number of amides is 1. The van der Waals surface area contributed by atoms with Gasteiger partial charge in [-0.1, -0.05) is 36.4 Å². The molecule has 34 heavy (non-hydrogen) atoms. The van der Waals surface area contributed by atoms with E-state index in [0.717, 1.165) is 32.6 Å². The van der Waals surface area contributed by atoms with E-state index in [9.17, 15) is 4.79 Å². The van der Waals surface area contributed by atoms with Crippen molar-refractivity contribution in [3.8, 4) is 0 Å². The Labute approximate surface area is 201 Å². The molecule has 0 spiro atoms. The van der Waals surface area contributed by atoms with Gasteiger partial charge in [-0.2, -0.15) is 0 Å². The summed E-state index contributed by atoms with van der Waals surface area (Å²) in [5.74, 6) is 0.299. The maximum absolute atomic E-state index is 11.4. The van der Waals surface area contributed by atoms with Crippen LogP contribution >= 0.6 is 0 Å². The van der Waals surface area contributed by atoms with Gasteiger partial charge in [-0.15, -0.1) is 0 Å². The van der Waals surface area contributed by atoms with E-state index in [0.29, 0.717) is 11.5 Å². The number of nitrogens with two attached hydrogens (primary N) is 1. The van der Waals surface area contributed by atoms with Crippen LogP contribution in [0.15, 0.2) is 73.1 Å². The molecule has 5 rings (SSSR count). The summed E-state index contributed by atoms with van der Waals surface area (Å²) in [6, 6.07) is 20.6. The predicted octanol–water partition coefficient (Wildman–Crippen LogP) is 4.95. The number of hydrogen-bond donors (Lipinski definition) is 1. The Balaban J connectivity index is 1.31. The van der Waals surface area contributed by atoms with Crippen molar-refractivity contribution in [3.63, 3.8) is 0 Å². The summed E-state index contributed by atoms with van der Waals surface area (Å²) in [6.07, 6.45) is 7.10. The molecule has 0 atom stereocenters. The fourth-order valence-corrected chi connectivity index (χ4v) is 5.29. The summed E-state index contributed by atoms with van der Waals surface area (Å²) >= 11 is 0. The quantitative estimate of drug-likeness (QED) is 0.432. The standard InChI is InChI=1S/C29H32N4O/c1-21-27(17-22-8-10-25(11-9-22)29(30)34)26-6-2-3-7-28(26)33(21)20-23-12-15-32(16-13-23)19-24-5-4-14-31-18-24/h2-11,14,18,23H,12-13,15-17,19-20H2,1H3,(H2,30,34). The van der Waals surface area contributed by atoms with E-state index in [1.165, 1.54) is 46.1 Å². The zero-order valence-corrected chi connectivity index (χ0v) is 19.8. The number of nitrogens with zero attached hydrogens (tertiary/aromatic N) is 3. The van der Waals surface area contributed by atoms with E-state index in [4.69, 9.17) is 5.73 Å². The number of rotatable bonds is 7. The van der Waals surface area contributed by atoms with Crippen LogP contribution in [0.5, 0.6) is 0 Å². The van der Waals surface area contributed by atoms with Crippen molar-refractivity contribution in [2.45, 2.75) is 39.3 Å². The number of benzene rings is 2. The Bertz CT molecular complexity index is 1270. The topological polar surface area (TPSA) is 64.2 Å². The van der Waals surface area contributed by atoms with Crippen molar-refractivity contribution < 1.29 is 4.79 Å². The van der Waals surface area contributed by atoms with Crippen molar-refractivity contribution in [3.05, 3.63) is 101 Å². The average Bonchev–Trinajstić information content (AvgIpc) is 3.12. The molecule has 0 unspecified atom stereocenters. The van der Waals surface area contributed by atoms with Gasteiger partial charge in [0.15, 0.2) is 0 Å². The number of pyridine rings is 1. The molecular weight excluding hydrogens is 420 g/mol. The normalized spacial score (nSPS) is 15.1. The molecule has 1 amide bonds. The SMILES string of the molecule is Cc1c(Cc2ccc(C(N)=O)cc2)c2ccccc2n1CC1CCN(Cc2cccnc2)CC1. The van der Waals surface area contributed by atoms with Gasteiger partial charge in [0.1, 0.15) is 0 Å². The molecule has 0 radical (unpaired) electrons. The Morgan fingerprint density at radius 3 is 2.47 bits per heavy atom. The van der Waals surface area contributed by atoms with Crippen LogP contribution in [-0.4, -0.2) is 33.4 Å². The van der Waals surface area contributed by atoms with Crippen LogP contribution < -0.4 is 5.73 Å². The van der Waals surface area contributed by atoms with E-state index in [1.807, 2.05) is 42.7 Å². The van der Waals surface area contributed by atoms with Crippen LogP contribution in [0.3, 0.4) is 0 Å². The molecule has 5 heteroatoms. The predicted molar refractivity (Wildman–Crippen MR) is 137 cm³/mol. The molecular formula is C29H32N4O. The van der Waals surface area contributed by atoms with Crippen molar-refractivity contribution in [2.24, 2.45) is 11.7 Å². The lowest BCUT2D eigenvalue weighted by atomic mass is 9.96. The fraction of sp³-hybridized carbons (Fsp3) is 0.310. The molecule has 2 aromatic heterocycles. The monoisotopic (exact) mass is 452 g/mol. The summed E-state index contributed by atoms with van der Waals surface area (Å²) in [5.41, 5.74) is 12.5. The number of aromatic nitrogens is 2. The molecule has 5 nitrogen and oxygen atoms in total. The van der Waals surface area contributed by atoms with Crippen molar-refractivity contribution in [1.82, 2.24) is 14.5 Å². The van der Waals surface area contributed by atoms with Gasteiger partial charge in [-0.05, 0) is 86.1 Å². The van der Waals surface area contributed by atoms with Crippen molar-refractivity contribution in [1.29, 1.82) is 0 Å². The van der Waals surface area contributed by atoms with Crippen molar-refractivity contribution in [2.75, 3.05) is 13.1 Å². The Hall–Kier alpha value is -3.44. The highest BCUT2D eigenvalue weighted by molar-refractivity contribution is 5.92. The first kappa shape index (κ1) is 22.4. The number of carbonyl (C=O) groups excluding carboxylic acids is 1. The number of likely N-dealkylation sites (tertiary alicyclic amines) is 1. The largest absolute Gasteiger partial charge is 0.366 e. The Morgan fingerprint density at radius 2 is 1.76 bits per heavy atom. The minimum absolute atomic E-state index is 0.384. The van der Waals surface area contributed by atoms with Gasteiger partial charge < -0.3 is 10.3 Å². The van der Waals surface area contributed by atoms with Crippen LogP contribution in [0, 0.1) is 12.8 Å². The van der Waals surface area contributed by atoms with Crippen LogP contribution in [0.1, 0.15) is 45.6 Å². The van der Waals surface area contributed by atoms with Gasteiger partial charge in [-0.3, -0.25) is 14.7 Å². The summed E-state index contributed by atoms with van der Waals surface area (Å²) in [4.78, 5) is 18.2. The molecule has 3 heterocycles. The maximum atomic E-state index is 11.4. The van der Waals surface area contributed by atoms with Gasteiger partial charge in [0.2, 0.25) is 5.91 Å². The van der Waals surface area contributed by atoms with Gasteiger partial charge >= 0.3 is 0 Å². The molecule has 0 bridgehead atoms. The molecule has 4 aromatic rings. The molecule has 1 aliphatic rings. The molecule has 174 valence electrons. The first-order valence-electron chi connectivity index (χ1n) is 12.1. The van der Waals surface area contributed by atoms with Gasteiger partial charge in [0.05, 0.1) is 0 Å². The van der Waals surface area contributed by atoms with Gasteiger partial charge in [0, 0.05) is 47.6 Å². The third-order valence-corrected chi connectivity index (χ3v) is 7.26. The highest BCUT2D eigenvalue weighted by atomic mass is 16.1. The van der Waals surface area contributed by atoms with Gasteiger partial charge in [0.25, 0.3) is 0 Å². The summed E-state index contributed by atoms with van der Waals surface area (Å²) in [5, 5.41) is 1.33. The molecule has 0 saturated carbocycles. The summed E-state index contributed by atoms with van der Waals surface area (Å²) in [7, 11) is 0. The number of primary amides is 1. The lowest BCUT2D eigenvalue weighted by molar-refractivity contribution is 0.100. The maximum Gasteiger partial charge on any atom is 0.248 e. The smallest absolute Gasteiger partial charge is 0.248 e. The van der Waals surface area contributed by atoms with Crippen LogP contribution in [0.4, 0.5) is 0 Å². The second kappa shape index (κ2) is 9.82. The Kier molecular flexibility index (Phi) is 6.45. The first-order chi connectivity index (χ1) is 16.6. The van der Waals surface area contributed by atoms with Crippen LogP contribution in [0.25, 0.3) is 10.9 Å². The fourth-order valence-electron chi connectivity index (χ4n) is 5.29. The van der Waals surface area contributed by atoms with E-state index >= 15 is 0 Å². The second-order valence-corrected chi connectivity index (χ2v) is 9.51. The van der Waals surface area contributed by atoms with Crippen LogP contribution in [-0.2, 0) is 19.5 Å². The molecule has 1 aliphatic heterocycles. The number of carbonyl (C=O) groups is 1. The van der Waals surface area contributed by atoms with Gasteiger partial charge in [-0.25, -0.2) is 0 Å². The number of para-hydroxylation sites is 1. The third-order valence-electron chi connectivity index (χ3n) is 7.26.